The number of aromatic nitrogens is 2. The largest absolute Gasteiger partial charge is 0.457 e. The van der Waals surface area contributed by atoms with Gasteiger partial charge in [0.2, 0.25) is 0 Å². The Balaban J connectivity index is 0.902. The van der Waals surface area contributed by atoms with Gasteiger partial charge < -0.3 is 19.3 Å². The number of fused-ring (bicyclic) bond motifs is 4. The molecule has 10 aromatic carbocycles. The van der Waals surface area contributed by atoms with Crippen LogP contribution >= 0.6 is 0 Å². The van der Waals surface area contributed by atoms with Crippen LogP contribution in [0.25, 0.3) is 72.1 Å². The minimum absolute atomic E-state index is 0.00362. The Morgan fingerprint density at radius 1 is 0.425 bits per heavy atom. The number of rotatable bonds is 11. The van der Waals surface area contributed by atoms with E-state index in [2.05, 4.69) is 32.9 Å². The second-order valence-corrected chi connectivity index (χ2v) is 21.7. The van der Waals surface area contributed by atoms with Crippen LogP contribution in [0.4, 0.5) is 22.7 Å². The number of hydrogen-bond acceptors (Lipinski definition) is 5. The van der Waals surface area contributed by atoms with E-state index >= 15 is 0 Å². The molecule has 0 atom stereocenters. The van der Waals surface area contributed by atoms with Gasteiger partial charge in [0.25, 0.3) is 0 Å². The third-order valence-electron chi connectivity index (χ3n) is 14.6. The zero-order chi connectivity index (χ0) is 67.6. The number of nitrogens with zero attached hydrogens (tertiary/aromatic N) is 4. The summed E-state index contributed by atoms with van der Waals surface area (Å²) in [6, 6.07) is 41.9. The first-order valence-corrected chi connectivity index (χ1v) is 26.4. The van der Waals surface area contributed by atoms with Crippen molar-refractivity contribution >= 4 is 44.6 Å². The summed E-state index contributed by atoms with van der Waals surface area (Å²) in [5.41, 5.74) is 6.70. The monoisotopic (exact) mass is 1050 g/mol. The molecule has 0 saturated heterocycles. The Morgan fingerprint density at radius 2 is 0.975 bits per heavy atom. The highest BCUT2D eigenvalue weighted by atomic mass is 16.5. The molecule has 6 heteroatoms. The van der Waals surface area contributed by atoms with Gasteiger partial charge in [0.1, 0.15) is 35.5 Å². The lowest BCUT2D eigenvalue weighted by atomic mass is 9.82. The topological polar surface area (TPSA) is 42.8 Å². The number of ether oxygens (including phenoxy) is 2. The lowest BCUT2D eigenvalue weighted by molar-refractivity contribution is 0.483. The fourth-order valence-electron chi connectivity index (χ4n) is 10.6. The maximum absolute atomic E-state index is 9.33. The van der Waals surface area contributed by atoms with Gasteiger partial charge in [-0.15, -0.1) is 0 Å². The molecule has 0 saturated carbocycles. The van der Waals surface area contributed by atoms with Gasteiger partial charge in [-0.3, -0.25) is 4.57 Å². The highest BCUT2D eigenvalue weighted by molar-refractivity contribution is 6.09. The van der Waals surface area contributed by atoms with Crippen LogP contribution in [0.5, 0.6) is 23.0 Å². The summed E-state index contributed by atoms with van der Waals surface area (Å²) in [7, 11) is 0. The summed E-state index contributed by atoms with van der Waals surface area (Å²) >= 11 is 0. The summed E-state index contributed by atoms with van der Waals surface area (Å²) in [5.74, 6) is 2.07. The quantitative estimate of drug-likeness (QED) is 0.129. The van der Waals surface area contributed by atoms with E-state index in [0.717, 1.165) is 32.9 Å². The molecule has 2 aromatic heterocycles. The number of pyridine rings is 1. The van der Waals surface area contributed by atoms with E-state index in [-0.39, 0.29) is 63.4 Å². The third-order valence-corrected chi connectivity index (χ3v) is 14.6. The minimum Gasteiger partial charge on any atom is -0.457 e. The van der Waals surface area contributed by atoms with E-state index in [1.54, 1.807) is 42.6 Å². The summed E-state index contributed by atoms with van der Waals surface area (Å²) in [6.45, 7) is 12.3. The van der Waals surface area contributed by atoms with Crippen LogP contribution in [-0.4, -0.2) is 16.2 Å². The van der Waals surface area contributed by atoms with Crippen molar-refractivity contribution in [2.75, 3.05) is 16.5 Å². The van der Waals surface area contributed by atoms with E-state index in [9.17, 15) is 5.48 Å². The number of para-hydroxylation sites is 4. The van der Waals surface area contributed by atoms with E-state index < -0.39 is 84.0 Å². The van der Waals surface area contributed by atoms with E-state index in [1.165, 1.54) is 0 Å². The molecule has 0 spiro atoms. The fourth-order valence-corrected chi connectivity index (χ4v) is 10.6. The average molecular weight is 1050 g/mol. The van der Waals surface area contributed by atoms with Gasteiger partial charge in [-0.2, -0.15) is 0 Å². The van der Waals surface area contributed by atoms with Gasteiger partial charge in [0.05, 0.1) is 48.7 Å². The van der Waals surface area contributed by atoms with Crippen LogP contribution in [0, 0.1) is 0 Å². The maximum Gasteiger partial charge on any atom is 0.143 e. The Hall–Kier alpha value is -9.65. The van der Waals surface area contributed by atoms with Gasteiger partial charge in [-0.05, 0) is 105 Å². The first-order valence-electron chi connectivity index (χ1n) is 33.9. The minimum atomic E-state index is -0.653. The molecule has 1 aliphatic heterocycles. The predicted octanol–water partition coefficient (Wildman–Crippen LogP) is 20.3. The lowest BCUT2D eigenvalue weighted by Gasteiger charge is -2.30. The second-order valence-electron chi connectivity index (χ2n) is 21.7. The van der Waals surface area contributed by atoms with Crippen LogP contribution in [0.15, 0.2) is 255 Å². The Morgan fingerprint density at radius 3 is 1.62 bits per heavy atom. The first kappa shape index (κ1) is 35.7. The zero-order valence-corrected chi connectivity index (χ0v) is 44.9. The zero-order valence-electron chi connectivity index (χ0n) is 59.9. The summed E-state index contributed by atoms with van der Waals surface area (Å²) < 4.78 is 149. The molecule has 0 aliphatic carbocycles. The third kappa shape index (κ3) is 9.43. The molecule has 12 aromatic rings. The van der Waals surface area contributed by atoms with Crippen molar-refractivity contribution in [3.8, 4) is 73.3 Å². The summed E-state index contributed by atoms with van der Waals surface area (Å²) in [5, 5.41) is 1.84. The van der Waals surface area contributed by atoms with Gasteiger partial charge in [-0.25, -0.2) is 4.98 Å². The van der Waals surface area contributed by atoms with Crippen LogP contribution < -0.4 is 19.3 Å². The van der Waals surface area contributed by atoms with Crippen LogP contribution in [0.3, 0.4) is 0 Å². The van der Waals surface area contributed by atoms with Crippen molar-refractivity contribution in [1.29, 1.82) is 0 Å². The molecule has 0 bridgehead atoms. The molecule has 13 rings (SSSR count). The Kier molecular flexibility index (Phi) is 9.06. The van der Waals surface area contributed by atoms with E-state index in [0.29, 0.717) is 56.8 Å². The normalized spacial score (nSPS) is 15.2. The van der Waals surface area contributed by atoms with Crippen LogP contribution in [0.2, 0.25) is 0 Å². The molecule has 0 radical (unpaired) electrons. The van der Waals surface area contributed by atoms with Crippen molar-refractivity contribution in [1.82, 2.24) is 9.55 Å². The predicted molar refractivity (Wildman–Crippen MR) is 333 cm³/mol. The highest BCUT2D eigenvalue weighted by Gasteiger charge is 2.33. The van der Waals surface area contributed by atoms with Gasteiger partial charge >= 0.3 is 0 Å². The SMILES string of the molecule is [2H]c1c([2H])c([2H])c(-c2cccc(-c3ccc(C(C)(C)C)cc3)c2Oc2ccnc(-n3c4ccccc4c4ccc(Oc5cccc(N6CN(c7c(-c8c([2H])c([2H])c([2H])c([2H])c8[2H])cc(C(C)(C)C)cc7-c7c([2H])c([2H])c([2H])c([2H])c7[2H])c7ccccc76)c5)cc43)c2)c([2H])c1[2H]. The molecule has 80 heavy (non-hydrogen) atoms. The first-order chi connectivity index (χ1) is 45.1. The smallest absolute Gasteiger partial charge is 0.143 e. The molecule has 0 fully saturated rings. The van der Waals surface area contributed by atoms with Crippen molar-refractivity contribution in [3.05, 3.63) is 266 Å². The molecule has 3 heterocycles. The standard InChI is InChI=1S/C74H62N4O2/c1-73(2,3)54-38-36-53(37-39-54)61-32-21-31-60(50-22-10-7-11-23-50)72(61)80-59-42-43-75-70(48-59)78-66-33-17-16-30-62(66)63-41-40-58(47-69(63)78)79-57-29-20-28-56(46-57)76-49-77(68-35-19-18-34-67(68)76)71-64(51-24-12-8-13-25-51)44-55(74(4,5)6)45-65(71)52-26-14-9-15-27-52/h7-48H,49H2,1-6H3/i7D,8D,9D,10D,11D,12D,13D,14D,15D,22D,23D,24D,25D,26D,27D. The van der Waals surface area contributed by atoms with Crippen molar-refractivity contribution in [2.45, 2.75) is 52.4 Å². The molecule has 390 valence electrons. The van der Waals surface area contributed by atoms with Gasteiger partial charge in [0, 0.05) is 63.1 Å². The van der Waals surface area contributed by atoms with E-state index in [4.69, 9.17) is 29.5 Å². The average Bonchev–Trinajstić information content (AvgIpc) is 1.70. The van der Waals surface area contributed by atoms with Crippen LogP contribution in [0.1, 0.15) is 73.2 Å². The Labute approximate surface area is 490 Å². The molecular weight excluding hydrogens is 977 g/mol. The molecule has 6 nitrogen and oxygen atoms in total. The van der Waals surface area contributed by atoms with Crippen molar-refractivity contribution in [3.63, 3.8) is 0 Å². The second kappa shape index (κ2) is 20.3. The van der Waals surface area contributed by atoms with E-state index in [1.807, 2.05) is 144 Å². The molecule has 0 unspecified atom stereocenters. The van der Waals surface area contributed by atoms with Crippen LogP contribution in [-0.2, 0) is 10.8 Å². The van der Waals surface area contributed by atoms with Crippen molar-refractivity contribution < 1.29 is 30.0 Å². The summed E-state index contributed by atoms with van der Waals surface area (Å²) in [4.78, 5) is 8.83. The van der Waals surface area contributed by atoms with Crippen molar-refractivity contribution in [2.24, 2.45) is 0 Å². The molecule has 0 amide bonds. The van der Waals surface area contributed by atoms with Gasteiger partial charge in [-0.1, -0.05) is 211 Å². The lowest BCUT2D eigenvalue weighted by Crippen LogP contribution is -2.25. The molecular formula is C74H62N4O2. The molecule has 0 N–H and O–H groups in total. The maximum atomic E-state index is 9.33. The fraction of sp³-hybridized carbons (Fsp3) is 0.122. The van der Waals surface area contributed by atoms with Gasteiger partial charge in [0.15, 0.2) is 0 Å². The number of hydrogen-bond donors (Lipinski definition) is 0. The molecule has 1 aliphatic rings. The number of benzene rings is 10. The highest BCUT2D eigenvalue weighted by Crippen LogP contribution is 2.52. The number of anilines is 4. The Bertz CT molecular complexity index is 5000. The summed E-state index contributed by atoms with van der Waals surface area (Å²) in [6.07, 6.45) is 1.63.